The molecule has 1 aliphatic heterocycles. The van der Waals surface area contributed by atoms with Crippen molar-refractivity contribution in [2.45, 2.75) is 0 Å². The molecular weight excluding hydrogens is 102 g/mol. The highest BCUT2D eigenvalue weighted by Crippen LogP contribution is 2.12. The molecule has 0 aliphatic carbocycles. The first-order valence-electron chi connectivity index (χ1n) is 2.08. The Morgan fingerprint density at radius 3 is 3.00 bits per heavy atom. The van der Waals surface area contributed by atoms with E-state index in [1.165, 1.54) is 10.9 Å². The molecule has 1 heterocycles. The van der Waals surface area contributed by atoms with Gasteiger partial charge >= 0.3 is 0 Å². The van der Waals surface area contributed by atoms with Crippen LogP contribution in [0.2, 0.25) is 0 Å². The van der Waals surface area contributed by atoms with Gasteiger partial charge in [-0.15, -0.1) is 0 Å². The van der Waals surface area contributed by atoms with E-state index >= 15 is 0 Å². The molecule has 0 unspecified atom stereocenters. The minimum atomic E-state index is 0.542. The van der Waals surface area contributed by atoms with Crippen LogP contribution in [-0.4, -0.2) is 11.4 Å². The molecule has 0 aromatic carbocycles. The maximum absolute atomic E-state index is 8.22. The average molecular weight is 106 g/mol. The molecule has 0 N–H and O–H groups in total. The van der Waals surface area contributed by atoms with Crippen molar-refractivity contribution in [1.29, 1.82) is 5.26 Å². The smallest absolute Gasteiger partial charge is 0.0905 e. The van der Waals surface area contributed by atoms with Gasteiger partial charge in [-0.25, -0.2) is 0 Å². The van der Waals surface area contributed by atoms with Crippen LogP contribution < -0.4 is 0 Å². The second-order valence-electron chi connectivity index (χ2n) is 1.38. The molecule has 0 radical (unpaired) electrons. The van der Waals surface area contributed by atoms with E-state index in [1.54, 1.807) is 6.54 Å². The van der Waals surface area contributed by atoms with E-state index in [2.05, 4.69) is 12.1 Å². The number of hydrogen-bond donors (Lipinski definition) is 0. The summed E-state index contributed by atoms with van der Waals surface area (Å²) in [5.41, 5.74) is 4.21. The summed E-state index contributed by atoms with van der Waals surface area (Å²) in [7, 11) is 0. The average Bonchev–Trinajstić information content (AvgIpc) is 2.14. The van der Waals surface area contributed by atoms with Crippen LogP contribution in [0.1, 0.15) is 0 Å². The lowest BCUT2D eigenvalue weighted by Crippen LogP contribution is -1.89. The molecule has 0 spiro atoms. The molecule has 8 heavy (non-hydrogen) atoms. The van der Waals surface area contributed by atoms with Crippen molar-refractivity contribution in [3.63, 3.8) is 0 Å². The van der Waals surface area contributed by atoms with Crippen molar-refractivity contribution < 1.29 is 4.68 Å². The zero-order valence-electron chi connectivity index (χ0n) is 4.20. The van der Waals surface area contributed by atoms with Crippen LogP contribution in [0.15, 0.2) is 11.8 Å². The summed E-state index contributed by atoms with van der Waals surface area (Å²) in [6.45, 7) is 5.00. The van der Waals surface area contributed by atoms with Crippen LogP contribution in [0.5, 0.6) is 0 Å². The Morgan fingerprint density at radius 2 is 2.75 bits per heavy atom. The molecule has 0 aromatic heterocycles. The Bertz CT molecular complexity index is 184. The van der Waals surface area contributed by atoms with E-state index in [0.717, 1.165) is 0 Å². The highest BCUT2D eigenvalue weighted by molar-refractivity contribution is 5.34. The van der Waals surface area contributed by atoms with Gasteiger partial charge in [0.2, 0.25) is 0 Å². The SMILES string of the molecule is C=[N+]1[CH-]C(C#N)=C[N-]1. The lowest BCUT2D eigenvalue weighted by Gasteiger charge is -2.04. The number of nitriles is 1. The normalized spacial score (nSPS) is 15.9. The Morgan fingerprint density at radius 1 is 2.00 bits per heavy atom. The summed E-state index contributed by atoms with van der Waals surface area (Å²) >= 11 is 0. The van der Waals surface area contributed by atoms with Gasteiger partial charge in [0, 0.05) is 0 Å². The van der Waals surface area contributed by atoms with E-state index in [-0.39, 0.29) is 0 Å². The van der Waals surface area contributed by atoms with E-state index in [0.29, 0.717) is 5.57 Å². The first-order chi connectivity index (χ1) is 3.83. The molecule has 0 atom stereocenters. The Labute approximate surface area is 47.5 Å². The first kappa shape index (κ1) is 4.72. The zero-order valence-corrected chi connectivity index (χ0v) is 4.20. The lowest BCUT2D eigenvalue weighted by molar-refractivity contribution is -0.406. The highest BCUT2D eigenvalue weighted by atomic mass is 15.4. The van der Waals surface area contributed by atoms with E-state index in [4.69, 9.17) is 5.26 Å². The van der Waals surface area contributed by atoms with Crippen LogP contribution in [0, 0.1) is 17.9 Å². The van der Waals surface area contributed by atoms with Gasteiger partial charge in [0.15, 0.2) is 0 Å². The Kier molecular flexibility index (Phi) is 0.935. The number of rotatable bonds is 0. The summed E-state index contributed by atoms with van der Waals surface area (Å²) in [4.78, 5) is 0. The Balaban J connectivity index is 2.66. The predicted octanol–water partition coefficient (Wildman–Crippen LogP) is 0.571. The summed E-state index contributed by atoms with van der Waals surface area (Å²) in [5, 5.41) is 8.22. The van der Waals surface area contributed by atoms with Crippen LogP contribution in [0.4, 0.5) is 0 Å². The van der Waals surface area contributed by atoms with Crippen molar-refractivity contribution >= 4 is 6.72 Å². The van der Waals surface area contributed by atoms with Crippen LogP contribution in [0.25, 0.3) is 5.43 Å². The molecule has 40 valence electrons. The summed E-state index contributed by atoms with van der Waals surface area (Å²) in [6.07, 6.45) is 1.47. The lowest BCUT2D eigenvalue weighted by atomic mass is 10.3. The zero-order chi connectivity index (χ0) is 5.98. The molecule has 0 bridgehead atoms. The minimum absolute atomic E-state index is 0.542. The Hall–Kier alpha value is -1.43. The predicted molar refractivity (Wildman–Crippen MR) is 28.7 cm³/mol. The molecule has 0 saturated heterocycles. The monoisotopic (exact) mass is 106 g/mol. The first-order valence-corrected chi connectivity index (χ1v) is 2.08. The molecule has 1 rings (SSSR count). The molecule has 0 amide bonds. The van der Waals surface area contributed by atoms with Crippen molar-refractivity contribution in [1.82, 2.24) is 0 Å². The van der Waals surface area contributed by atoms with Crippen molar-refractivity contribution in [3.05, 3.63) is 23.7 Å². The quantitative estimate of drug-likeness (QED) is 0.329. The maximum atomic E-state index is 8.22. The maximum Gasteiger partial charge on any atom is 0.0905 e. The highest BCUT2D eigenvalue weighted by Gasteiger charge is 1.93. The molecule has 0 aromatic rings. The summed E-state index contributed by atoms with van der Waals surface area (Å²) < 4.78 is 1.35. The van der Waals surface area contributed by atoms with Gasteiger partial charge in [-0.2, -0.15) is 6.20 Å². The van der Waals surface area contributed by atoms with Crippen LogP contribution in [-0.2, 0) is 0 Å². The second kappa shape index (κ2) is 1.58. The third kappa shape index (κ3) is 0.636. The van der Waals surface area contributed by atoms with Gasteiger partial charge in [0.05, 0.1) is 13.3 Å². The van der Waals surface area contributed by atoms with Crippen molar-refractivity contribution in [3.8, 4) is 6.07 Å². The van der Waals surface area contributed by atoms with Gasteiger partial charge < -0.3 is 10.1 Å². The summed E-state index contributed by atoms with van der Waals surface area (Å²) in [6, 6.07) is 1.92. The second-order valence-corrected chi connectivity index (χ2v) is 1.38. The molecule has 1 aliphatic rings. The molecule has 3 heteroatoms. The molecule has 0 saturated carbocycles. The third-order valence-corrected chi connectivity index (χ3v) is 0.762. The molecule has 3 nitrogen and oxygen atoms in total. The van der Waals surface area contributed by atoms with Crippen LogP contribution in [0.3, 0.4) is 0 Å². The van der Waals surface area contributed by atoms with E-state index in [9.17, 15) is 0 Å². The fraction of sp³-hybridized carbons (Fsp3) is 0. The van der Waals surface area contributed by atoms with Gasteiger partial charge in [0.1, 0.15) is 0 Å². The van der Waals surface area contributed by atoms with Crippen molar-refractivity contribution in [2.75, 3.05) is 0 Å². The fourth-order valence-corrected chi connectivity index (χ4v) is 0.421. The standard InChI is InChI=1S/C5H4N3/c1-8-4-5(2-6)3-7-8/h3-4H,1H2/q-1. The van der Waals surface area contributed by atoms with Gasteiger partial charge in [-0.05, 0) is 11.6 Å². The number of nitrogens with zero attached hydrogens (tertiary/aromatic N) is 3. The van der Waals surface area contributed by atoms with E-state index < -0.39 is 0 Å². The summed E-state index contributed by atoms with van der Waals surface area (Å²) in [5.74, 6) is 0. The molecule has 0 fully saturated rings. The fourth-order valence-electron chi connectivity index (χ4n) is 0.421. The third-order valence-electron chi connectivity index (χ3n) is 0.762. The van der Waals surface area contributed by atoms with Crippen LogP contribution >= 0.6 is 0 Å². The minimum Gasteiger partial charge on any atom is -0.475 e. The van der Waals surface area contributed by atoms with E-state index in [1.807, 2.05) is 6.07 Å². The number of hydrogen-bond acceptors (Lipinski definition) is 1. The van der Waals surface area contributed by atoms with Gasteiger partial charge in [-0.1, -0.05) is 0 Å². The molecular formula is C5H4N3-. The largest absolute Gasteiger partial charge is 0.475 e. The van der Waals surface area contributed by atoms with Gasteiger partial charge in [-0.3, -0.25) is 5.26 Å². The van der Waals surface area contributed by atoms with Crippen molar-refractivity contribution in [2.24, 2.45) is 0 Å². The van der Waals surface area contributed by atoms with Gasteiger partial charge in [0.25, 0.3) is 0 Å². The topological polar surface area (TPSA) is 40.9 Å².